The smallest absolute Gasteiger partial charge is 0.338 e. The van der Waals surface area contributed by atoms with Gasteiger partial charge in [-0.2, -0.15) is 0 Å². The second-order valence-electron chi connectivity index (χ2n) is 17.0. The molecule has 1 saturated carbocycles. The van der Waals surface area contributed by atoms with Crippen LogP contribution in [-0.2, 0) is 47.4 Å². The van der Waals surface area contributed by atoms with Crippen LogP contribution in [-0.4, -0.2) is 107 Å². The summed E-state index contributed by atoms with van der Waals surface area (Å²) < 4.78 is 61.1. The second kappa shape index (κ2) is 22.0. The molecule has 7 rings (SSSR count). The van der Waals surface area contributed by atoms with E-state index in [-0.39, 0.29) is 46.3 Å². The van der Waals surface area contributed by atoms with Gasteiger partial charge in [0.2, 0.25) is 0 Å². The van der Waals surface area contributed by atoms with E-state index < -0.39 is 73.1 Å². The largest absolute Gasteiger partial charge is 0.459 e. The number of carbonyl (C=O) groups is 4. The lowest BCUT2D eigenvalue weighted by Crippen LogP contribution is -2.63. The fourth-order valence-corrected chi connectivity index (χ4v) is 8.80. The quantitative estimate of drug-likeness (QED) is 0.0335. The summed E-state index contributed by atoms with van der Waals surface area (Å²) in [5, 5.41) is 0. The van der Waals surface area contributed by atoms with Crippen molar-refractivity contribution in [2.75, 3.05) is 40.3 Å². The molecule has 2 heterocycles. The number of hydrogen-bond acceptors (Lipinski definition) is 14. The van der Waals surface area contributed by atoms with Crippen LogP contribution in [0.25, 0.3) is 0 Å². The Morgan fingerprint density at radius 2 is 1.14 bits per heavy atom. The Hall–Kier alpha value is -5.74. The van der Waals surface area contributed by atoms with Gasteiger partial charge in [0.1, 0.15) is 19.5 Å². The molecule has 0 radical (unpaired) electrons. The van der Waals surface area contributed by atoms with Crippen LogP contribution in [0.3, 0.4) is 0 Å². The van der Waals surface area contributed by atoms with Crippen molar-refractivity contribution in [2.24, 2.45) is 17.3 Å². The molecule has 0 bridgehead atoms. The highest BCUT2D eigenvalue weighted by molar-refractivity contribution is 5.91. The van der Waals surface area contributed by atoms with E-state index in [9.17, 15) is 19.2 Å². The molecule has 1 spiro atoms. The van der Waals surface area contributed by atoms with E-state index in [1.165, 1.54) is 0 Å². The molecule has 344 valence electrons. The maximum atomic E-state index is 14.0. The molecule has 0 aromatic heterocycles. The van der Waals surface area contributed by atoms with Crippen molar-refractivity contribution in [3.63, 3.8) is 0 Å². The Kier molecular flexibility index (Phi) is 16.0. The van der Waals surface area contributed by atoms with Gasteiger partial charge in [-0.25, -0.2) is 19.2 Å². The van der Waals surface area contributed by atoms with Crippen LogP contribution in [0.2, 0.25) is 0 Å². The van der Waals surface area contributed by atoms with Gasteiger partial charge in [0.15, 0.2) is 30.4 Å². The lowest BCUT2D eigenvalue weighted by atomic mass is 9.61. The van der Waals surface area contributed by atoms with Gasteiger partial charge in [0, 0.05) is 20.0 Å². The number of allylic oxidation sites excluding steroid dienone is 1. The number of rotatable bonds is 17. The van der Waals surface area contributed by atoms with Gasteiger partial charge in [-0.3, -0.25) is 0 Å². The van der Waals surface area contributed by atoms with Crippen molar-refractivity contribution in [2.45, 2.75) is 76.2 Å². The van der Waals surface area contributed by atoms with Gasteiger partial charge < -0.3 is 47.4 Å². The number of benzene rings is 4. The van der Waals surface area contributed by atoms with E-state index in [4.69, 9.17) is 47.4 Å². The number of esters is 4. The summed E-state index contributed by atoms with van der Waals surface area (Å²) in [5.74, 6) is -3.83. The molecule has 2 aliphatic heterocycles. The van der Waals surface area contributed by atoms with Gasteiger partial charge in [-0.1, -0.05) is 98.8 Å². The minimum absolute atomic E-state index is 0.0218. The molecule has 1 unspecified atom stereocenters. The van der Waals surface area contributed by atoms with Gasteiger partial charge in [-0.15, -0.1) is 0 Å². The van der Waals surface area contributed by atoms with E-state index in [0.717, 1.165) is 0 Å². The number of hydrogen-bond donors (Lipinski definition) is 0. The minimum atomic E-state index is -1.56. The molecular weight excluding hydrogens is 837 g/mol. The maximum Gasteiger partial charge on any atom is 0.338 e. The summed E-state index contributed by atoms with van der Waals surface area (Å²) in [4.78, 5) is 55.3. The van der Waals surface area contributed by atoms with Crippen molar-refractivity contribution in [1.82, 2.24) is 0 Å². The highest BCUT2D eigenvalue weighted by Crippen LogP contribution is 2.52. The second-order valence-corrected chi connectivity index (χ2v) is 17.0. The van der Waals surface area contributed by atoms with Crippen molar-refractivity contribution >= 4 is 23.9 Å². The Morgan fingerprint density at radius 3 is 1.65 bits per heavy atom. The monoisotopic (exact) mass is 892 g/mol. The standard InChI is InChI=1S/C51H56O14/c1-34(25-26-40-39(30-57-33-56-4)29-51(32-50(40,2)3)59-27-28-60-51)61-49-44(65-48(55)38-23-15-8-16-24-38)43(64-47(54)37-21-13-7-14-22-37)42(63-46(53)36-19-11-6-12-20-36)41(62-49)31-58-45(52)35-17-9-5-10-18-35/h5-26,34,39-44,49H,27-33H2,1-4H3/b26-25+/t34?,39-,40-,41+,42+,43-,44+,49+/m0/s1. The lowest BCUT2D eigenvalue weighted by Gasteiger charge is -2.49. The molecule has 4 aromatic carbocycles. The third-order valence-corrected chi connectivity index (χ3v) is 11.7. The van der Waals surface area contributed by atoms with Crippen LogP contribution in [0.15, 0.2) is 133 Å². The Labute approximate surface area is 379 Å². The molecule has 3 fully saturated rings. The predicted octanol–water partition coefficient (Wildman–Crippen LogP) is 7.62. The molecule has 0 amide bonds. The fraction of sp³-hybridized carbons (Fsp3) is 0.412. The zero-order valence-corrected chi connectivity index (χ0v) is 37.0. The van der Waals surface area contributed by atoms with E-state index in [2.05, 4.69) is 19.9 Å². The first-order chi connectivity index (χ1) is 31.4. The normalized spacial score (nSPS) is 25.1. The zero-order valence-electron chi connectivity index (χ0n) is 37.0. The van der Waals surface area contributed by atoms with Gasteiger partial charge in [-0.05, 0) is 72.7 Å². The summed E-state index contributed by atoms with van der Waals surface area (Å²) in [6, 6.07) is 33.0. The van der Waals surface area contributed by atoms with Crippen LogP contribution in [0.5, 0.6) is 0 Å². The van der Waals surface area contributed by atoms with E-state index in [1.807, 2.05) is 6.08 Å². The first-order valence-corrected chi connectivity index (χ1v) is 21.8. The Morgan fingerprint density at radius 1 is 0.662 bits per heavy atom. The summed E-state index contributed by atoms with van der Waals surface area (Å²) in [6.07, 6.45) is -2.85. The van der Waals surface area contributed by atoms with Gasteiger partial charge in [0.05, 0.1) is 48.2 Å². The van der Waals surface area contributed by atoms with E-state index >= 15 is 0 Å². The molecule has 4 aromatic rings. The van der Waals surface area contributed by atoms with E-state index in [1.54, 1.807) is 135 Å². The third-order valence-electron chi connectivity index (χ3n) is 11.7. The van der Waals surface area contributed by atoms with Gasteiger partial charge in [0.25, 0.3) is 0 Å². The molecule has 2 saturated heterocycles. The highest BCUT2D eigenvalue weighted by atomic mass is 16.7. The average molecular weight is 893 g/mol. The summed E-state index contributed by atoms with van der Waals surface area (Å²) in [7, 11) is 1.57. The van der Waals surface area contributed by atoms with Crippen molar-refractivity contribution < 1.29 is 66.5 Å². The van der Waals surface area contributed by atoms with E-state index in [0.29, 0.717) is 32.7 Å². The molecule has 1 aliphatic carbocycles. The Bertz CT molecular complexity index is 2190. The topological polar surface area (TPSA) is 161 Å². The van der Waals surface area contributed by atoms with Crippen LogP contribution >= 0.6 is 0 Å². The minimum Gasteiger partial charge on any atom is -0.459 e. The molecule has 65 heavy (non-hydrogen) atoms. The zero-order chi connectivity index (χ0) is 45.8. The number of carbonyl (C=O) groups excluding carboxylic acids is 4. The SMILES string of the molecule is COCOC[C@@H]1CC2(CC(C)(C)[C@H]1/C=C/C(C)O[C@@H]1O[C@H](COC(=O)c3ccccc3)[C@@H](OC(=O)c3ccccc3)[C@H](OC(=O)c3ccccc3)[C@H]1OC(=O)c1ccccc1)OCCO2. The molecule has 14 heteroatoms. The van der Waals surface area contributed by atoms with Crippen LogP contribution in [0.4, 0.5) is 0 Å². The molecule has 0 N–H and O–H groups in total. The predicted molar refractivity (Wildman–Crippen MR) is 234 cm³/mol. The Balaban J connectivity index is 1.24. The molecule has 8 atom stereocenters. The third kappa shape index (κ3) is 12.1. The summed E-state index contributed by atoms with van der Waals surface area (Å²) in [6.45, 7) is 7.20. The summed E-state index contributed by atoms with van der Waals surface area (Å²) >= 11 is 0. The average Bonchev–Trinajstić information content (AvgIpc) is 3.77. The van der Waals surface area contributed by atoms with Gasteiger partial charge >= 0.3 is 23.9 Å². The fourth-order valence-electron chi connectivity index (χ4n) is 8.80. The van der Waals surface area contributed by atoms with Crippen molar-refractivity contribution in [3.8, 4) is 0 Å². The first kappa shape index (κ1) is 47.2. The highest BCUT2D eigenvalue weighted by Gasteiger charge is 2.55. The van der Waals surface area contributed by atoms with Crippen molar-refractivity contribution in [1.29, 1.82) is 0 Å². The number of methoxy groups -OCH3 is 1. The van der Waals surface area contributed by atoms with Crippen LogP contribution < -0.4 is 0 Å². The molecular formula is C51H56O14. The maximum absolute atomic E-state index is 14.0. The van der Waals surface area contributed by atoms with Crippen LogP contribution in [0, 0.1) is 17.3 Å². The summed E-state index contributed by atoms with van der Waals surface area (Å²) in [5.41, 5.74) is 0.510. The molecule has 14 nitrogen and oxygen atoms in total. The van der Waals surface area contributed by atoms with Crippen LogP contribution in [0.1, 0.15) is 75.0 Å². The van der Waals surface area contributed by atoms with Crippen molar-refractivity contribution in [3.05, 3.63) is 156 Å². The first-order valence-electron chi connectivity index (χ1n) is 21.8. The number of ether oxygens (including phenoxy) is 10. The lowest BCUT2D eigenvalue weighted by molar-refractivity contribution is -0.303. The molecule has 3 aliphatic rings.